The van der Waals surface area contributed by atoms with Crippen molar-refractivity contribution in [3.05, 3.63) is 108 Å². The van der Waals surface area contributed by atoms with Gasteiger partial charge in [-0.25, -0.2) is 0 Å². The Morgan fingerprint density at radius 2 is 1.26 bits per heavy atom. The van der Waals surface area contributed by atoms with Crippen LogP contribution < -0.4 is 0 Å². The highest BCUT2D eigenvalue weighted by Crippen LogP contribution is 2.47. The summed E-state index contributed by atoms with van der Waals surface area (Å²) in [6.07, 6.45) is -3.47. The molecular weight excluding hydrogens is 393 g/mol. The van der Waals surface area contributed by atoms with Gasteiger partial charge in [0.1, 0.15) is 0 Å². The Kier molecular flexibility index (Phi) is 3.79. The maximum absolute atomic E-state index is 13.1. The van der Waals surface area contributed by atoms with Crippen molar-refractivity contribution >= 4 is 21.5 Å². The van der Waals surface area contributed by atoms with Crippen molar-refractivity contribution in [3.63, 3.8) is 0 Å². The number of hydrogen-bond donors (Lipinski definition) is 0. The number of hydrogen-bond acceptors (Lipinski definition) is 0. The Balaban J connectivity index is 1.66. The van der Waals surface area contributed by atoms with Crippen molar-refractivity contribution in [1.82, 2.24) is 0 Å². The van der Waals surface area contributed by atoms with Crippen LogP contribution in [-0.2, 0) is 12.6 Å². The van der Waals surface area contributed by atoms with Crippen LogP contribution in [0.3, 0.4) is 0 Å². The minimum Gasteiger partial charge on any atom is -0.166 e. The monoisotopic (exact) mass is 410 g/mol. The molecule has 0 spiro atoms. The van der Waals surface area contributed by atoms with E-state index in [9.17, 15) is 13.2 Å². The van der Waals surface area contributed by atoms with Crippen LogP contribution in [0.1, 0.15) is 16.7 Å². The van der Waals surface area contributed by atoms with Crippen LogP contribution in [0.15, 0.2) is 91.0 Å². The van der Waals surface area contributed by atoms with Gasteiger partial charge in [-0.2, -0.15) is 13.2 Å². The lowest BCUT2D eigenvalue weighted by Gasteiger charge is -2.15. The molecule has 0 N–H and O–H groups in total. The van der Waals surface area contributed by atoms with E-state index in [4.69, 9.17) is 0 Å². The van der Waals surface area contributed by atoms with E-state index < -0.39 is 11.7 Å². The first kappa shape index (κ1) is 18.2. The van der Waals surface area contributed by atoms with Crippen molar-refractivity contribution in [2.75, 3.05) is 0 Å². The van der Waals surface area contributed by atoms with Crippen LogP contribution in [0.4, 0.5) is 13.2 Å². The minimum absolute atomic E-state index is 0.627. The molecular formula is C28H17F3. The summed E-state index contributed by atoms with van der Waals surface area (Å²) in [6.45, 7) is 0. The summed E-state index contributed by atoms with van der Waals surface area (Å²) in [6, 6.07) is 28.6. The molecule has 0 atom stereocenters. The summed E-state index contributed by atoms with van der Waals surface area (Å²) in [5, 5.41) is 4.61. The fourth-order valence-corrected chi connectivity index (χ4v) is 4.90. The van der Waals surface area contributed by atoms with Crippen LogP contribution in [-0.4, -0.2) is 0 Å². The van der Waals surface area contributed by atoms with E-state index in [-0.39, 0.29) is 0 Å². The SMILES string of the molecule is FC(F)(F)c1ccc(-c2cccc3ccc4c(c23)-c2c(ccc3ccccc23)C4)cc1. The molecule has 0 nitrogen and oxygen atoms in total. The molecule has 0 heterocycles. The molecule has 0 bridgehead atoms. The van der Waals surface area contributed by atoms with E-state index in [1.54, 1.807) is 12.1 Å². The summed E-state index contributed by atoms with van der Waals surface area (Å²) < 4.78 is 39.2. The van der Waals surface area contributed by atoms with Gasteiger partial charge in [-0.1, -0.05) is 78.9 Å². The van der Waals surface area contributed by atoms with Gasteiger partial charge in [-0.3, -0.25) is 0 Å². The van der Waals surface area contributed by atoms with Crippen LogP contribution >= 0.6 is 0 Å². The third kappa shape index (κ3) is 2.77. The first-order chi connectivity index (χ1) is 15.0. The average Bonchev–Trinajstić information content (AvgIpc) is 3.17. The molecule has 3 heteroatoms. The molecule has 0 aliphatic heterocycles. The highest BCUT2D eigenvalue weighted by Gasteiger charge is 2.30. The summed E-state index contributed by atoms with van der Waals surface area (Å²) in [5.74, 6) is 0. The molecule has 31 heavy (non-hydrogen) atoms. The zero-order valence-electron chi connectivity index (χ0n) is 16.5. The molecule has 6 rings (SSSR count). The van der Waals surface area contributed by atoms with Crippen LogP contribution in [0.2, 0.25) is 0 Å². The van der Waals surface area contributed by atoms with Gasteiger partial charge in [-0.05, 0) is 73.5 Å². The van der Waals surface area contributed by atoms with E-state index in [1.165, 1.54) is 45.2 Å². The maximum atomic E-state index is 13.1. The first-order valence-corrected chi connectivity index (χ1v) is 10.2. The molecule has 5 aromatic rings. The Morgan fingerprint density at radius 1 is 0.581 bits per heavy atom. The van der Waals surface area contributed by atoms with E-state index in [1.807, 2.05) is 18.2 Å². The molecule has 150 valence electrons. The average molecular weight is 410 g/mol. The molecule has 1 aliphatic rings. The molecule has 0 radical (unpaired) electrons. The summed E-state index contributed by atoms with van der Waals surface area (Å²) in [5.41, 5.74) is 6.14. The topological polar surface area (TPSA) is 0 Å². The fraction of sp³-hybridized carbons (Fsp3) is 0.0714. The van der Waals surface area contributed by atoms with Gasteiger partial charge in [0.25, 0.3) is 0 Å². The Morgan fingerprint density at radius 3 is 2.03 bits per heavy atom. The molecule has 1 aliphatic carbocycles. The standard InChI is InChI=1S/C28H17F3/c29-28(30,31)22-14-12-18(13-15-22)24-7-3-5-19-9-11-21-16-20-10-8-17-4-1-2-6-23(17)26(20)27(21)25(19)24/h1-15H,16H2. The highest BCUT2D eigenvalue weighted by molar-refractivity contribution is 6.14. The second-order valence-corrected chi connectivity index (χ2v) is 8.08. The molecule has 0 aromatic heterocycles. The molecule has 0 saturated carbocycles. The number of rotatable bonds is 1. The first-order valence-electron chi connectivity index (χ1n) is 10.2. The van der Waals surface area contributed by atoms with Gasteiger partial charge in [0.15, 0.2) is 0 Å². The van der Waals surface area contributed by atoms with E-state index >= 15 is 0 Å². The van der Waals surface area contributed by atoms with E-state index in [0.717, 1.165) is 28.3 Å². The van der Waals surface area contributed by atoms with Crippen LogP contribution in [0, 0.1) is 0 Å². The normalized spacial score (nSPS) is 12.9. The van der Waals surface area contributed by atoms with Crippen LogP contribution in [0.25, 0.3) is 43.8 Å². The van der Waals surface area contributed by atoms with Gasteiger partial charge >= 0.3 is 6.18 Å². The second-order valence-electron chi connectivity index (χ2n) is 8.08. The predicted molar refractivity (Wildman–Crippen MR) is 120 cm³/mol. The third-order valence-corrected chi connectivity index (χ3v) is 6.30. The molecule has 0 amide bonds. The number of fused-ring (bicyclic) bond motifs is 7. The van der Waals surface area contributed by atoms with Gasteiger partial charge in [0.05, 0.1) is 5.56 Å². The molecule has 0 saturated heterocycles. The maximum Gasteiger partial charge on any atom is 0.416 e. The van der Waals surface area contributed by atoms with Crippen molar-refractivity contribution in [3.8, 4) is 22.3 Å². The minimum atomic E-state index is -4.34. The van der Waals surface area contributed by atoms with E-state index in [2.05, 4.69) is 48.5 Å². The van der Waals surface area contributed by atoms with Gasteiger partial charge < -0.3 is 0 Å². The van der Waals surface area contributed by atoms with Crippen molar-refractivity contribution < 1.29 is 13.2 Å². The lowest BCUT2D eigenvalue weighted by molar-refractivity contribution is -0.137. The smallest absolute Gasteiger partial charge is 0.166 e. The largest absolute Gasteiger partial charge is 0.416 e. The zero-order valence-corrected chi connectivity index (χ0v) is 16.5. The Bertz CT molecular complexity index is 1470. The summed E-state index contributed by atoms with van der Waals surface area (Å²) in [4.78, 5) is 0. The van der Waals surface area contributed by atoms with Crippen molar-refractivity contribution in [2.45, 2.75) is 12.6 Å². The highest BCUT2D eigenvalue weighted by atomic mass is 19.4. The number of benzene rings is 5. The van der Waals surface area contributed by atoms with Crippen molar-refractivity contribution in [1.29, 1.82) is 0 Å². The Labute approximate surface area is 177 Å². The predicted octanol–water partition coefficient (Wildman–Crippen LogP) is 8.25. The number of halogens is 3. The van der Waals surface area contributed by atoms with Gasteiger partial charge in [0, 0.05) is 0 Å². The second kappa shape index (κ2) is 6.45. The molecule has 5 aromatic carbocycles. The van der Waals surface area contributed by atoms with Crippen LogP contribution in [0.5, 0.6) is 0 Å². The van der Waals surface area contributed by atoms with Gasteiger partial charge in [-0.15, -0.1) is 0 Å². The fourth-order valence-electron chi connectivity index (χ4n) is 4.90. The summed E-state index contributed by atoms with van der Waals surface area (Å²) >= 11 is 0. The summed E-state index contributed by atoms with van der Waals surface area (Å²) in [7, 11) is 0. The molecule has 0 fully saturated rings. The van der Waals surface area contributed by atoms with Crippen molar-refractivity contribution in [2.24, 2.45) is 0 Å². The lowest BCUT2D eigenvalue weighted by Crippen LogP contribution is -2.04. The Hall–Kier alpha value is -3.59. The quantitative estimate of drug-likeness (QED) is 0.256. The number of alkyl halides is 3. The lowest BCUT2D eigenvalue weighted by atomic mass is 9.89. The zero-order chi connectivity index (χ0) is 21.2. The van der Waals surface area contributed by atoms with Gasteiger partial charge in [0.2, 0.25) is 0 Å². The third-order valence-electron chi connectivity index (χ3n) is 6.30. The van der Waals surface area contributed by atoms with E-state index in [0.29, 0.717) is 0 Å². The molecule has 0 unspecified atom stereocenters.